The van der Waals surface area contributed by atoms with Crippen LogP contribution in [0.15, 0.2) is 34.5 Å². The van der Waals surface area contributed by atoms with E-state index in [1.165, 1.54) is 13.0 Å². The second-order valence-electron chi connectivity index (χ2n) is 4.72. The van der Waals surface area contributed by atoms with Crippen LogP contribution in [0.4, 0.5) is 5.69 Å². The topological polar surface area (TPSA) is 75.3 Å². The highest BCUT2D eigenvalue weighted by atomic mass is 35.5. The quantitative estimate of drug-likeness (QED) is 0.862. The summed E-state index contributed by atoms with van der Waals surface area (Å²) in [5.74, 6) is -0.164. The van der Waals surface area contributed by atoms with Crippen molar-refractivity contribution in [3.63, 3.8) is 0 Å². The van der Waals surface area contributed by atoms with E-state index >= 15 is 0 Å². The molecular weight excluding hydrogens is 344 g/mol. The van der Waals surface area contributed by atoms with Crippen molar-refractivity contribution in [2.75, 3.05) is 4.72 Å². The lowest BCUT2D eigenvalue weighted by Crippen LogP contribution is -2.18. The van der Waals surface area contributed by atoms with Crippen molar-refractivity contribution in [2.45, 2.75) is 24.6 Å². The van der Waals surface area contributed by atoms with E-state index < -0.39 is 10.0 Å². The zero-order valence-corrected chi connectivity index (χ0v) is 14.4. The normalized spacial score (nSPS) is 11.2. The molecule has 0 radical (unpaired) electrons. The fraction of sp³-hybridized carbons (Fsp3) is 0.214. The molecule has 2 rings (SSSR count). The number of rotatable bonds is 5. The monoisotopic (exact) mass is 358 g/mol. The molecule has 1 heterocycles. The summed E-state index contributed by atoms with van der Waals surface area (Å²) in [7, 11) is -3.70. The highest BCUT2D eigenvalue weighted by Gasteiger charge is 2.18. The van der Waals surface area contributed by atoms with E-state index in [1.807, 2.05) is 6.92 Å². The fourth-order valence-corrected chi connectivity index (χ4v) is 4.42. The van der Waals surface area contributed by atoms with Gasteiger partial charge >= 0.3 is 0 Å². The van der Waals surface area contributed by atoms with Crippen LogP contribution in [0.5, 0.6) is 0 Å². The van der Waals surface area contributed by atoms with E-state index in [-0.39, 0.29) is 10.1 Å². The Morgan fingerprint density at radius 3 is 2.64 bits per heavy atom. The number of anilines is 1. The van der Waals surface area contributed by atoms with E-state index in [1.54, 1.807) is 24.3 Å². The summed E-state index contributed by atoms with van der Waals surface area (Å²) >= 11 is 7.14. The Hall–Kier alpha value is -1.57. The van der Waals surface area contributed by atoms with Gasteiger partial charge in [-0.25, -0.2) is 8.42 Å². The first kappa shape index (κ1) is 16.8. The highest BCUT2D eigenvalue weighted by molar-refractivity contribution is 7.94. The Kier molecular flexibility index (Phi) is 5.10. The summed E-state index contributed by atoms with van der Waals surface area (Å²) < 4.78 is 27.3. The number of nitrogens with one attached hydrogen (secondary N) is 2. The van der Waals surface area contributed by atoms with Gasteiger partial charge in [0.1, 0.15) is 4.21 Å². The SMILES string of the molecule is CC(=O)NCc1ccc(S(=O)(=O)Nc2ccc(C)cc2Cl)s1. The molecule has 0 saturated carbocycles. The minimum absolute atomic E-state index is 0.164. The van der Waals surface area contributed by atoms with E-state index in [4.69, 9.17) is 11.6 Å². The summed E-state index contributed by atoms with van der Waals surface area (Å²) in [6.45, 7) is 3.59. The molecule has 118 valence electrons. The molecule has 0 aliphatic rings. The van der Waals surface area contributed by atoms with E-state index in [0.29, 0.717) is 17.3 Å². The van der Waals surface area contributed by atoms with Gasteiger partial charge in [0.15, 0.2) is 0 Å². The molecule has 5 nitrogen and oxygen atoms in total. The van der Waals surface area contributed by atoms with Gasteiger partial charge in [-0.2, -0.15) is 0 Å². The number of hydrogen-bond acceptors (Lipinski definition) is 4. The average Bonchev–Trinajstić information content (AvgIpc) is 2.89. The largest absolute Gasteiger partial charge is 0.351 e. The number of benzene rings is 1. The van der Waals surface area contributed by atoms with Gasteiger partial charge in [0.2, 0.25) is 5.91 Å². The molecule has 0 bridgehead atoms. The summed E-state index contributed by atoms with van der Waals surface area (Å²) in [5.41, 5.74) is 1.28. The lowest BCUT2D eigenvalue weighted by Gasteiger charge is -2.08. The maximum absolute atomic E-state index is 12.3. The second-order valence-corrected chi connectivity index (χ2v) is 8.20. The van der Waals surface area contributed by atoms with Gasteiger partial charge in [-0.05, 0) is 36.8 Å². The van der Waals surface area contributed by atoms with Crippen LogP contribution >= 0.6 is 22.9 Å². The first-order chi connectivity index (χ1) is 10.3. The lowest BCUT2D eigenvalue weighted by atomic mass is 10.2. The number of carbonyl (C=O) groups excluding carboxylic acids is 1. The summed E-state index contributed by atoms with van der Waals surface area (Å²) in [5, 5.41) is 2.97. The predicted octanol–water partition coefficient (Wildman–Crippen LogP) is 3.15. The Bertz CT molecular complexity index is 800. The van der Waals surface area contributed by atoms with Gasteiger partial charge in [-0.3, -0.25) is 9.52 Å². The molecule has 0 aliphatic heterocycles. The van der Waals surface area contributed by atoms with Crippen molar-refractivity contribution in [3.05, 3.63) is 45.8 Å². The molecule has 0 spiro atoms. The zero-order valence-electron chi connectivity index (χ0n) is 12.0. The molecule has 0 atom stereocenters. The van der Waals surface area contributed by atoms with Crippen LogP contribution in [0, 0.1) is 6.92 Å². The first-order valence-corrected chi connectivity index (χ1v) is 9.08. The maximum atomic E-state index is 12.3. The standard InChI is InChI=1S/C14H15ClN2O3S2/c1-9-3-5-13(12(15)7-9)17-22(19,20)14-6-4-11(21-14)8-16-10(2)18/h3-7,17H,8H2,1-2H3,(H,16,18). The van der Waals surface area contributed by atoms with Gasteiger partial charge in [0, 0.05) is 11.8 Å². The Labute approximate surface area is 138 Å². The number of hydrogen-bond donors (Lipinski definition) is 2. The Morgan fingerprint density at radius 2 is 2.00 bits per heavy atom. The van der Waals surface area contributed by atoms with Crippen molar-refractivity contribution in [1.29, 1.82) is 0 Å². The number of amides is 1. The summed E-state index contributed by atoms with van der Waals surface area (Å²) in [6, 6.07) is 8.27. The summed E-state index contributed by atoms with van der Waals surface area (Å²) in [6.07, 6.45) is 0. The number of aryl methyl sites for hydroxylation is 1. The number of thiophene rings is 1. The molecular formula is C14H15ClN2O3S2. The van der Waals surface area contributed by atoms with Gasteiger partial charge < -0.3 is 5.32 Å². The molecule has 0 aliphatic carbocycles. The van der Waals surface area contributed by atoms with Crippen LogP contribution in [0.1, 0.15) is 17.4 Å². The predicted molar refractivity (Wildman–Crippen MR) is 88.8 cm³/mol. The highest BCUT2D eigenvalue weighted by Crippen LogP contribution is 2.28. The van der Waals surface area contributed by atoms with E-state index in [0.717, 1.165) is 21.8 Å². The third kappa shape index (κ3) is 4.22. The molecule has 1 aromatic heterocycles. The van der Waals surface area contributed by atoms with Crippen molar-refractivity contribution < 1.29 is 13.2 Å². The van der Waals surface area contributed by atoms with Gasteiger partial charge in [-0.1, -0.05) is 17.7 Å². The molecule has 8 heteroatoms. The van der Waals surface area contributed by atoms with Crippen molar-refractivity contribution in [2.24, 2.45) is 0 Å². The molecule has 1 amide bonds. The lowest BCUT2D eigenvalue weighted by molar-refractivity contribution is -0.119. The molecule has 0 unspecified atom stereocenters. The Balaban J connectivity index is 2.18. The van der Waals surface area contributed by atoms with E-state index in [9.17, 15) is 13.2 Å². The first-order valence-electron chi connectivity index (χ1n) is 6.40. The average molecular weight is 359 g/mol. The summed E-state index contributed by atoms with van der Waals surface area (Å²) in [4.78, 5) is 11.6. The van der Waals surface area contributed by atoms with Crippen LogP contribution in [-0.2, 0) is 21.4 Å². The van der Waals surface area contributed by atoms with Crippen molar-refractivity contribution in [3.8, 4) is 0 Å². The second kappa shape index (κ2) is 6.68. The van der Waals surface area contributed by atoms with Gasteiger partial charge in [0.25, 0.3) is 10.0 Å². The van der Waals surface area contributed by atoms with Gasteiger partial charge in [-0.15, -0.1) is 11.3 Å². The van der Waals surface area contributed by atoms with E-state index in [2.05, 4.69) is 10.0 Å². The third-order valence-electron chi connectivity index (χ3n) is 2.78. The molecule has 1 aromatic carbocycles. The number of halogens is 1. The minimum Gasteiger partial charge on any atom is -0.351 e. The molecule has 2 aromatic rings. The minimum atomic E-state index is -3.70. The van der Waals surface area contributed by atoms with Crippen molar-refractivity contribution in [1.82, 2.24) is 5.32 Å². The van der Waals surface area contributed by atoms with Crippen LogP contribution in [-0.4, -0.2) is 14.3 Å². The van der Waals surface area contributed by atoms with Crippen LogP contribution in [0.3, 0.4) is 0 Å². The number of sulfonamides is 1. The zero-order chi connectivity index (χ0) is 16.3. The third-order valence-corrected chi connectivity index (χ3v) is 6.04. The van der Waals surface area contributed by atoms with Gasteiger partial charge in [0.05, 0.1) is 17.3 Å². The smallest absolute Gasteiger partial charge is 0.271 e. The molecule has 0 saturated heterocycles. The van der Waals surface area contributed by atoms with Crippen LogP contribution in [0.2, 0.25) is 5.02 Å². The van der Waals surface area contributed by atoms with Crippen LogP contribution in [0.25, 0.3) is 0 Å². The molecule has 2 N–H and O–H groups in total. The van der Waals surface area contributed by atoms with Crippen LogP contribution < -0.4 is 10.0 Å². The fourth-order valence-electron chi connectivity index (χ4n) is 1.71. The molecule has 22 heavy (non-hydrogen) atoms. The molecule has 0 fully saturated rings. The number of carbonyl (C=O) groups is 1. The Morgan fingerprint density at radius 1 is 1.27 bits per heavy atom. The maximum Gasteiger partial charge on any atom is 0.271 e. The van der Waals surface area contributed by atoms with Crippen molar-refractivity contribution >= 4 is 44.6 Å².